The van der Waals surface area contributed by atoms with E-state index in [1.807, 2.05) is 18.4 Å². The van der Waals surface area contributed by atoms with E-state index in [9.17, 15) is 8.42 Å². The summed E-state index contributed by atoms with van der Waals surface area (Å²) in [6.07, 6.45) is 1.70. The van der Waals surface area contributed by atoms with Crippen LogP contribution in [0.2, 0.25) is 0 Å². The molecule has 8 heteroatoms. The number of thiazole rings is 1. The number of aromatic nitrogens is 1. The molecule has 0 saturated heterocycles. The summed E-state index contributed by atoms with van der Waals surface area (Å²) >= 11 is 2.46. The predicted molar refractivity (Wildman–Crippen MR) is 74.8 cm³/mol. The predicted octanol–water partition coefficient (Wildman–Crippen LogP) is 2.16. The molecule has 2 heterocycles. The first-order valence-corrected chi connectivity index (χ1v) is 8.60. The molecular weight excluding hydrogens is 302 g/mol. The summed E-state index contributed by atoms with van der Waals surface area (Å²) in [5.74, 6) is 0.0187. The van der Waals surface area contributed by atoms with Crippen LogP contribution in [0.25, 0.3) is 0 Å². The van der Waals surface area contributed by atoms with E-state index in [1.54, 1.807) is 6.20 Å². The Morgan fingerprint density at radius 1 is 1.53 bits per heavy atom. The fourth-order valence-electron chi connectivity index (χ4n) is 1.40. The number of rotatable bonds is 5. The van der Waals surface area contributed by atoms with Gasteiger partial charge in [-0.05, 0) is 12.1 Å². The third-order valence-corrected chi connectivity index (χ3v) is 6.32. The first kappa shape index (κ1) is 14.1. The Morgan fingerprint density at radius 3 is 2.89 bits per heavy atom. The quantitative estimate of drug-likeness (QED) is 0.917. The molecule has 0 aliphatic heterocycles. The van der Waals surface area contributed by atoms with Crippen LogP contribution in [0, 0.1) is 11.3 Å². The lowest BCUT2D eigenvalue weighted by atomic mass is 10.2. The molecule has 0 fully saturated rings. The van der Waals surface area contributed by atoms with Crippen LogP contribution in [-0.4, -0.2) is 19.9 Å². The van der Waals surface area contributed by atoms with Crippen molar-refractivity contribution in [1.29, 1.82) is 5.26 Å². The van der Waals surface area contributed by atoms with Gasteiger partial charge in [0.25, 0.3) is 0 Å². The lowest BCUT2D eigenvalue weighted by Gasteiger charge is -2.09. The van der Waals surface area contributed by atoms with Gasteiger partial charge < -0.3 is 0 Å². The van der Waals surface area contributed by atoms with Crippen LogP contribution in [0.4, 0.5) is 0 Å². The first-order valence-electron chi connectivity index (χ1n) is 5.42. The molecule has 0 aliphatic rings. The minimum absolute atomic E-state index is 0.0187. The number of thiophene rings is 1. The van der Waals surface area contributed by atoms with Gasteiger partial charge in [-0.25, -0.2) is 18.1 Å². The van der Waals surface area contributed by atoms with Crippen molar-refractivity contribution in [3.05, 3.63) is 33.6 Å². The van der Waals surface area contributed by atoms with Crippen molar-refractivity contribution >= 4 is 32.7 Å². The molecule has 100 valence electrons. The number of nitriles is 1. The topological polar surface area (TPSA) is 82.9 Å². The second-order valence-electron chi connectivity index (χ2n) is 3.85. The van der Waals surface area contributed by atoms with E-state index in [4.69, 9.17) is 5.26 Å². The van der Waals surface area contributed by atoms with Crippen LogP contribution in [0.3, 0.4) is 0 Å². The molecule has 0 aromatic carbocycles. The number of hydrogen-bond acceptors (Lipinski definition) is 6. The second kappa shape index (κ2) is 5.79. The second-order valence-corrected chi connectivity index (χ2v) is 7.86. The monoisotopic (exact) mass is 313 g/mol. The molecule has 2 rings (SSSR count). The van der Waals surface area contributed by atoms with Gasteiger partial charge in [-0.15, -0.1) is 22.7 Å². The Hall–Kier alpha value is -1.27. The van der Waals surface area contributed by atoms with E-state index in [1.165, 1.54) is 23.5 Å². The molecule has 0 amide bonds. The molecule has 0 bridgehead atoms. The number of hydrogen-bond donors (Lipinski definition) is 1. The van der Waals surface area contributed by atoms with Crippen molar-refractivity contribution < 1.29 is 8.42 Å². The number of nitrogens with zero attached hydrogens (tertiary/aromatic N) is 2. The van der Waals surface area contributed by atoms with Gasteiger partial charge in [0, 0.05) is 24.0 Å². The fourth-order valence-corrected chi connectivity index (χ4v) is 4.37. The zero-order valence-corrected chi connectivity index (χ0v) is 12.5. The number of nitrogens with one attached hydrogen (secondary N) is 1. The van der Waals surface area contributed by atoms with Crippen LogP contribution >= 0.6 is 22.7 Å². The van der Waals surface area contributed by atoms with Crippen LogP contribution < -0.4 is 4.72 Å². The maximum atomic E-state index is 12.0. The molecule has 1 N–H and O–H groups in total. The number of sulfonamides is 1. The summed E-state index contributed by atoms with van der Waals surface area (Å²) in [6.45, 7) is 2.20. The van der Waals surface area contributed by atoms with Crippen molar-refractivity contribution in [2.75, 3.05) is 6.54 Å². The Labute approximate surface area is 119 Å². The molecule has 1 atom stereocenters. The van der Waals surface area contributed by atoms with Crippen LogP contribution in [0.15, 0.2) is 27.9 Å². The molecule has 0 aliphatic carbocycles. The van der Waals surface area contributed by atoms with Crippen molar-refractivity contribution in [3.8, 4) is 6.07 Å². The molecule has 5 nitrogen and oxygen atoms in total. The van der Waals surface area contributed by atoms with Gasteiger partial charge in [0.1, 0.15) is 15.2 Å². The molecule has 1 unspecified atom stereocenters. The van der Waals surface area contributed by atoms with Gasteiger partial charge in [0.2, 0.25) is 10.0 Å². The summed E-state index contributed by atoms with van der Waals surface area (Å²) in [4.78, 5) is 4.53. The van der Waals surface area contributed by atoms with Crippen molar-refractivity contribution in [2.45, 2.75) is 17.1 Å². The Morgan fingerprint density at radius 2 is 2.32 bits per heavy atom. The van der Waals surface area contributed by atoms with Crippen molar-refractivity contribution in [3.63, 3.8) is 0 Å². The smallest absolute Gasteiger partial charge is 0.249 e. The molecule has 2 aromatic rings. The third-order valence-electron chi connectivity index (χ3n) is 2.41. The minimum Gasteiger partial charge on any atom is -0.249 e. The Balaban J connectivity index is 2.04. The molecule has 0 saturated carbocycles. The van der Waals surface area contributed by atoms with E-state index >= 15 is 0 Å². The van der Waals surface area contributed by atoms with E-state index < -0.39 is 10.0 Å². The highest BCUT2D eigenvalue weighted by atomic mass is 32.2. The average molecular weight is 313 g/mol. The largest absolute Gasteiger partial charge is 0.250 e. The highest BCUT2D eigenvalue weighted by Gasteiger charge is 2.18. The normalized spacial score (nSPS) is 13.1. The van der Waals surface area contributed by atoms with Crippen molar-refractivity contribution in [1.82, 2.24) is 9.71 Å². The summed E-state index contributed by atoms with van der Waals surface area (Å²) in [5.41, 5.74) is 0. The average Bonchev–Trinajstić information content (AvgIpc) is 3.06. The summed E-state index contributed by atoms with van der Waals surface area (Å²) < 4.78 is 26.7. The van der Waals surface area contributed by atoms with Gasteiger partial charge in [-0.3, -0.25) is 0 Å². The van der Waals surface area contributed by atoms with Crippen LogP contribution in [0.5, 0.6) is 0 Å². The standard InChI is InChI=1S/C11H11N3O2S3/c1-8(11-13-4-5-17-11)7-14-19(15,16)10-3-2-9(6-12)18-10/h2-5,8,14H,7H2,1H3. The SMILES string of the molecule is CC(CNS(=O)(=O)c1ccc(C#N)s1)c1nccs1. The fraction of sp³-hybridized carbons (Fsp3) is 0.273. The molecule has 19 heavy (non-hydrogen) atoms. The van der Waals surface area contributed by atoms with E-state index in [0.29, 0.717) is 4.88 Å². The Bertz CT molecular complexity index is 683. The zero-order chi connectivity index (χ0) is 13.9. The molecule has 2 aromatic heterocycles. The van der Waals surface area contributed by atoms with Gasteiger partial charge in [0.15, 0.2) is 0 Å². The highest BCUT2D eigenvalue weighted by molar-refractivity contribution is 7.91. The molecular formula is C11H11N3O2S3. The third kappa shape index (κ3) is 3.39. The summed E-state index contributed by atoms with van der Waals surface area (Å²) in [6, 6.07) is 4.87. The van der Waals surface area contributed by atoms with Gasteiger partial charge in [-0.2, -0.15) is 5.26 Å². The first-order chi connectivity index (χ1) is 9.03. The van der Waals surface area contributed by atoms with Crippen LogP contribution in [0.1, 0.15) is 22.7 Å². The van der Waals surface area contributed by atoms with Crippen molar-refractivity contribution in [2.24, 2.45) is 0 Å². The molecule has 0 spiro atoms. The van der Waals surface area contributed by atoms with E-state index in [0.717, 1.165) is 16.3 Å². The summed E-state index contributed by atoms with van der Waals surface area (Å²) in [7, 11) is -3.54. The lowest BCUT2D eigenvalue weighted by molar-refractivity contribution is 0.576. The molecule has 0 radical (unpaired) electrons. The minimum atomic E-state index is -3.54. The Kier molecular flexibility index (Phi) is 4.31. The maximum absolute atomic E-state index is 12.0. The van der Waals surface area contributed by atoms with Gasteiger partial charge >= 0.3 is 0 Å². The van der Waals surface area contributed by atoms with Gasteiger partial charge in [-0.1, -0.05) is 6.92 Å². The van der Waals surface area contributed by atoms with Crippen LogP contribution in [-0.2, 0) is 10.0 Å². The van der Waals surface area contributed by atoms with E-state index in [-0.39, 0.29) is 16.7 Å². The highest BCUT2D eigenvalue weighted by Crippen LogP contribution is 2.22. The van der Waals surface area contributed by atoms with E-state index in [2.05, 4.69) is 9.71 Å². The van der Waals surface area contributed by atoms with Gasteiger partial charge in [0.05, 0.1) is 5.01 Å². The maximum Gasteiger partial charge on any atom is 0.250 e. The zero-order valence-electron chi connectivity index (χ0n) is 10.0. The summed E-state index contributed by atoms with van der Waals surface area (Å²) in [5, 5.41) is 11.5. The lowest BCUT2D eigenvalue weighted by Crippen LogP contribution is -2.27.